The number of carbonyl (C=O) groups is 2. The van der Waals surface area contributed by atoms with Crippen molar-refractivity contribution >= 4 is 22.8 Å². The molecule has 1 N–H and O–H groups in total. The van der Waals surface area contributed by atoms with Crippen molar-refractivity contribution in [3.05, 3.63) is 0 Å². The Balaban J connectivity index is 4.14. The summed E-state index contributed by atoms with van der Waals surface area (Å²) in [4.78, 5) is 19.8. The first-order valence-electron chi connectivity index (χ1n) is 2.57. The highest BCUT2D eigenvalue weighted by atomic mass is 35.5. The van der Waals surface area contributed by atoms with Gasteiger partial charge in [-0.25, -0.2) is 4.79 Å². The summed E-state index contributed by atoms with van der Waals surface area (Å²) in [7, 11) is 0. The fraction of sp³-hybridized carbons (Fsp3) is 0. The Hall–Kier alpha value is -1.89. The van der Waals surface area contributed by atoms with Crippen LogP contribution in [0.25, 0.3) is 0 Å². The van der Waals surface area contributed by atoms with Crippen molar-refractivity contribution < 1.29 is 14.7 Å². The van der Waals surface area contributed by atoms with E-state index in [-0.39, 0.29) is 0 Å². The van der Waals surface area contributed by atoms with Crippen LogP contribution in [-0.4, -0.2) is 16.3 Å². The normalized spacial score (nSPS) is 5.75. The van der Waals surface area contributed by atoms with Crippen molar-refractivity contribution in [2.75, 3.05) is 0 Å². The Morgan fingerprint density at radius 3 is 1.92 bits per heavy atom. The van der Waals surface area contributed by atoms with Crippen molar-refractivity contribution in [3.8, 4) is 35.5 Å². The van der Waals surface area contributed by atoms with Gasteiger partial charge < -0.3 is 5.11 Å². The second-order valence-corrected chi connectivity index (χ2v) is 1.67. The molecular formula is C8HClO3. The molecule has 0 spiro atoms. The molecule has 0 atom stereocenters. The van der Waals surface area contributed by atoms with Gasteiger partial charge in [-0.3, -0.25) is 4.79 Å². The third-order valence-electron chi connectivity index (χ3n) is 0.518. The van der Waals surface area contributed by atoms with E-state index in [0.29, 0.717) is 0 Å². The number of carboxylic acid groups (broad SMARTS) is 1. The van der Waals surface area contributed by atoms with Gasteiger partial charge in [0, 0.05) is 11.8 Å². The number of halogens is 1. The van der Waals surface area contributed by atoms with Crippen LogP contribution in [0.4, 0.5) is 0 Å². The molecule has 12 heavy (non-hydrogen) atoms. The summed E-state index contributed by atoms with van der Waals surface area (Å²) in [6.45, 7) is 0. The zero-order chi connectivity index (χ0) is 9.40. The molecule has 0 aliphatic rings. The average molecular weight is 181 g/mol. The first-order valence-corrected chi connectivity index (χ1v) is 2.95. The predicted molar refractivity (Wildman–Crippen MR) is 41.8 cm³/mol. The topological polar surface area (TPSA) is 54.4 Å². The van der Waals surface area contributed by atoms with E-state index in [1.807, 2.05) is 11.8 Å². The number of aliphatic carboxylic acids is 1. The summed E-state index contributed by atoms with van der Waals surface area (Å²) in [5.41, 5.74) is 0. The van der Waals surface area contributed by atoms with Crippen molar-refractivity contribution in [2.24, 2.45) is 0 Å². The lowest BCUT2D eigenvalue weighted by atomic mass is 10.5. The molecule has 0 aromatic heterocycles. The zero-order valence-electron chi connectivity index (χ0n) is 5.64. The standard InChI is InChI=1S/C8HClO3/c9-7(10)5-3-1-2-4-6-8(11)12/h(H,11,12). The average Bonchev–Trinajstić information content (AvgIpc) is 1.95. The molecule has 0 saturated carbocycles. The minimum absolute atomic E-state index is 0.824. The Labute approximate surface area is 73.7 Å². The fourth-order valence-corrected chi connectivity index (χ4v) is 0.275. The first kappa shape index (κ1) is 10.1. The van der Waals surface area contributed by atoms with E-state index in [0.717, 1.165) is 0 Å². The van der Waals surface area contributed by atoms with E-state index in [2.05, 4.69) is 17.8 Å². The van der Waals surface area contributed by atoms with Gasteiger partial charge in [0.05, 0.1) is 0 Å². The molecular weight excluding hydrogens is 180 g/mol. The lowest BCUT2D eigenvalue weighted by Gasteiger charge is -1.64. The zero-order valence-corrected chi connectivity index (χ0v) is 6.40. The van der Waals surface area contributed by atoms with Crippen LogP contribution in [0, 0.1) is 35.5 Å². The second-order valence-electron chi connectivity index (χ2n) is 1.33. The largest absolute Gasteiger partial charge is 0.472 e. The minimum Gasteiger partial charge on any atom is -0.472 e. The molecule has 3 nitrogen and oxygen atoms in total. The van der Waals surface area contributed by atoms with E-state index < -0.39 is 11.2 Å². The third-order valence-corrected chi connectivity index (χ3v) is 0.612. The Morgan fingerprint density at radius 2 is 1.50 bits per heavy atom. The Bertz CT molecular complexity index is 340. The van der Waals surface area contributed by atoms with Crippen molar-refractivity contribution in [3.63, 3.8) is 0 Å². The Kier molecular flexibility index (Phi) is 4.94. The molecule has 0 fully saturated rings. The molecule has 0 rings (SSSR count). The highest BCUT2D eigenvalue weighted by molar-refractivity contribution is 6.68. The summed E-state index contributed by atoms with van der Waals surface area (Å²) in [5, 5.41) is 7.18. The van der Waals surface area contributed by atoms with Crippen LogP contribution < -0.4 is 0 Å². The van der Waals surface area contributed by atoms with Gasteiger partial charge in [-0.05, 0) is 35.3 Å². The molecule has 0 amide bonds. The Morgan fingerprint density at radius 1 is 1.00 bits per heavy atom. The predicted octanol–water partition coefficient (Wildman–Crippen LogP) is -0.153. The van der Waals surface area contributed by atoms with Crippen LogP contribution in [0.2, 0.25) is 0 Å². The van der Waals surface area contributed by atoms with Gasteiger partial charge in [0.15, 0.2) is 0 Å². The molecule has 0 aromatic rings. The molecule has 0 aliphatic heterocycles. The summed E-state index contributed by atoms with van der Waals surface area (Å²) >= 11 is 4.83. The van der Waals surface area contributed by atoms with Crippen LogP contribution in [-0.2, 0) is 9.59 Å². The van der Waals surface area contributed by atoms with Gasteiger partial charge in [-0.15, -0.1) is 0 Å². The lowest BCUT2D eigenvalue weighted by molar-refractivity contribution is -0.130. The number of hydrogen-bond acceptors (Lipinski definition) is 2. The van der Waals surface area contributed by atoms with Gasteiger partial charge in [0.1, 0.15) is 0 Å². The number of hydrogen-bond donors (Lipinski definition) is 1. The molecule has 0 unspecified atom stereocenters. The van der Waals surface area contributed by atoms with Gasteiger partial charge >= 0.3 is 5.97 Å². The molecule has 4 heteroatoms. The van der Waals surface area contributed by atoms with Gasteiger partial charge in [0.2, 0.25) is 0 Å². The van der Waals surface area contributed by atoms with Crippen LogP contribution in [0.3, 0.4) is 0 Å². The van der Waals surface area contributed by atoms with Crippen LogP contribution in [0.1, 0.15) is 0 Å². The highest BCUT2D eigenvalue weighted by Gasteiger charge is 1.79. The maximum Gasteiger partial charge on any atom is 0.382 e. The van der Waals surface area contributed by atoms with E-state index in [9.17, 15) is 9.59 Å². The second kappa shape index (κ2) is 5.86. The summed E-state index contributed by atoms with van der Waals surface area (Å²) in [6.07, 6.45) is 0. The first-order chi connectivity index (χ1) is 5.63. The van der Waals surface area contributed by atoms with Crippen LogP contribution in [0.15, 0.2) is 0 Å². The lowest BCUT2D eigenvalue weighted by Crippen LogP contribution is -1.85. The van der Waals surface area contributed by atoms with Gasteiger partial charge in [-0.1, -0.05) is 0 Å². The van der Waals surface area contributed by atoms with E-state index in [1.165, 1.54) is 0 Å². The monoisotopic (exact) mass is 180 g/mol. The fourth-order valence-electron chi connectivity index (χ4n) is 0.228. The van der Waals surface area contributed by atoms with Crippen molar-refractivity contribution in [2.45, 2.75) is 0 Å². The molecule has 0 heterocycles. The molecule has 0 aliphatic carbocycles. The molecule has 58 valence electrons. The summed E-state index contributed by atoms with van der Waals surface area (Å²) in [5.74, 6) is 10.7. The van der Waals surface area contributed by atoms with Gasteiger partial charge in [0.25, 0.3) is 5.24 Å². The smallest absolute Gasteiger partial charge is 0.382 e. The van der Waals surface area contributed by atoms with Crippen molar-refractivity contribution in [1.29, 1.82) is 0 Å². The number of carboxylic acids is 1. The van der Waals surface area contributed by atoms with Crippen LogP contribution in [0.5, 0.6) is 0 Å². The summed E-state index contributed by atoms with van der Waals surface area (Å²) in [6, 6.07) is 0. The maximum atomic E-state index is 9.98. The number of rotatable bonds is 0. The van der Waals surface area contributed by atoms with Gasteiger partial charge in [-0.2, -0.15) is 0 Å². The minimum atomic E-state index is -1.27. The molecule has 0 aromatic carbocycles. The third kappa shape index (κ3) is 8.11. The number of carbonyl (C=O) groups excluding carboxylic acids is 1. The van der Waals surface area contributed by atoms with E-state index >= 15 is 0 Å². The molecule has 0 saturated heterocycles. The van der Waals surface area contributed by atoms with E-state index in [1.54, 1.807) is 5.92 Å². The summed E-state index contributed by atoms with van der Waals surface area (Å²) < 4.78 is 0. The SMILES string of the molecule is O=C(O)C#CC#CC#CC(=O)Cl. The quantitative estimate of drug-likeness (QED) is 0.417. The molecule has 0 bridgehead atoms. The highest BCUT2D eigenvalue weighted by Crippen LogP contribution is 1.71. The molecule has 0 radical (unpaired) electrons. The van der Waals surface area contributed by atoms with E-state index in [4.69, 9.17) is 16.7 Å². The van der Waals surface area contributed by atoms with Crippen LogP contribution >= 0.6 is 11.6 Å². The maximum absolute atomic E-state index is 9.98. The van der Waals surface area contributed by atoms with Crippen molar-refractivity contribution in [1.82, 2.24) is 0 Å².